The molecule has 116 valence electrons. The molecule has 8 nitrogen and oxygen atoms in total. The van der Waals surface area contributed by atoms with Gasteiger partial charge in [0.05, 0.1) is 6.10 Å². The maximum absolute atomic E-state index is 10.9. The van der Waals surface area contributed by atoms with Gasteiger partial charge >= 0.3 is 11.9 Å². The van der Waals surface area contributed by atoms with E-state index in [4.69, 9.17) is 24.8 Å². The Morgan fingerprint density at radius 1 is 1.25 bits per heavy atom. The first-order valence-electron chi connectivity index (χ1n) is 6.50. The molecule has 1 aliphatic heterocycles. The molecular formula is C12H20O8. The van der Waals surface area contributed by atoms with Gasteiger partial charge in [-0.05, 0) is 25.7 Å². The Balaban J connectivity index is 2.23. The van der Waals surface area contributed by atoms with E-state index in [0.717, 1.165) is 0 Å². The van der Waals surface area contributed by atoms with Gasteiger partial charge in [-0.15, -0.1) is 0 Å². The monoisotopic (exact) mass is 292 g/mol. The highest BCUT2D eigenvalue weighted by Crippen LogP contribution is 2.21. The van der Waals surface area contributed by atoms with Crippen LogP contribution >= 0.6 is 0 Å². The summed E-state index contributed by atoms with van der Waals surface area (Å²) in [7, 11) is 0. The van der Waals surface area contributed by atoms with Crippen molar-refractivity contribution < 1.29 is 39.5 Å². The Morgan fingerprint density at radius 3 is 2.55 bits per heavy atom. The summed E-state index contributed by atoms with van der Waals surface area (Å²) in [6, 6.07) is 0. The van der Waals surface area contributed by atoms with E-state index in [1.54, 1.807) is 0 Å². The highest BCUT2D eigenvalue weighted by atomic mass is 16.6. The smallest absolute Gasteiger partial charge is 0.335 e. The van der Waals surface area contributed by atoms with E-state index in [9.17, 15) is 14.7 Å². The molecule has 1 aliphatic rings. The third-order valence-electron chi connectivity index (χ3n) is 3.07. The van der Waals surface area contributed by atoms with Gasteiger partial charge < -0.3 is 29.9 Å². The summed E-state index contributed by atoms with van der Waals surface area (Å²) < 4.78 is 10.3. The van der Waals surface area contributed by atoms with Gasteiger partial charge in [-0.3, -0.25) is 0 Å². The first-order chi connectivity index (χ1) is 9.41. The molecule has 8 heteroatoms. The summed E-state index contributed by atoms with van der Waals surface area (Å²) in [5.41, 5.74) is 0. The molecule has 1 saturated heterocycles. The van der Waals surface area contributed by atoms with E-state index in [-0.39, 0.29) is 13.0 Å². The van der Waals surface area contributed by atoms with E-state index in [1.807, 2.05) is 0 Å². The number of carbonyl (C=O) groups is 2. The van der Waals surface area contributed by atoms with Crippen molar-refractivity contribution in [3.05, 3.63) is 0 Å². The van der Waals surface area contributed by atoms with Crippen LogP contribution in [-0.2, 0) is 19.1 Å². The quantitative estimate of drug-likeness (QED) is 0.443. The number of hydrogen-bond donors (Lipinski definition) is 4. The average Bonchev–Trinajstić information content (AvgIpc) is 2.39. The molecule has 1 fully saturated rings. The summed E-state index contributed by atoms with van der Waals surface area (Å²) >= 11 is 0. The Labute approximate surface area is 115 Å². The SMILES string of the molecule is O=C(O)C(O)CCCCOC1CCC(O)OC1C(=O)O. The Bertz CT molecular complexity index is 331. The van der Waals surface area contributed by atoms with E-state index < -0.39 is 36.5 Å². The molecule has 20 heavy (non-hydrogen) atoms. The molecule has 0 radical (unpaired) electrons. The highest BCUT2D eigenvalue weighted by Gasteiger charge is 2.36. The van der Waals surface area contributed by atoms with Gasteiger partial charge in [0, 0.05) is 13.0 Å². The molecule has 1 rings (SSSR count). The van der Waals surface area contributed by atoms with Crippen molar-refractivity contribution in [1.82, 2.24) is 0 Å². The Hall–Kier alpha value is -1.22. The van der Waals surface area contributed by atoms with Crippen LogP contribution in [0.3, 0.4) is 0 Å². The highest BCUT2D eigenvalue weighted by molar-refractivity contribution is 5.73. The zero-order valence-electron chi connectivity index (χ0n) is 11.0. The minimum atomic E-state index is -1.38. The summed E-state index contributed by atoms with van der Waals surface area (Å²) in [5.74, 6) is -2.44. The predicted octanol–water partition coefficient (Wildman–Crippen LogP) is -0.431. The van der Waals surface area contributed by atoms with Crippen LogP contribution in [0.5, 0.6) is 0 Å². The van der Waals surface area contributed by atoms with Gasteiger partial charge in [0.1, 0.15) is 0 Å². The second-order valence-corrected chi connectivity index (χ2v) is 4.69. The third kappa shape index (κ3) is 5.41. The Kier molecular flexibility index (Phi) is 6.86. The van der Waals surface area contributed by atoms with Crippen LogP contribution in [0, 0.1) is 0 Å². The van der Waals surface area contributed by atoms with Crippen molar-refractivity contribution in [2.75, 3.05) is 6.61 Å². The standard InChI is InChI=1S/C12H20O8/c13-7(11(15)16)3-1-2-6-19-8-4-5-9(14)20-10(8)12(17)18/h7-10,13-14H,1-6H2,(H,15,16)(H,17,18). The predicted molar refractivity (Wildman–Crippen MR) is 65.0 cm³/mol. The average molecular weight is 292 g/mol. The van der Waals surface area contributed by atoms with Crippen LogP contribution in [0.2, 0.25) is 0 Å². The largest absolute Gasteiger partial charge is 0.479 e. The minimum Gasteiger partial charge on any atom is -0.479 e. The number of aliphatic carboxylic acids is 2. The molecular weight excluding hydrogens is 272 g/mol. The van der Waals surface area contributed by atoms with Gasteiger partial charge in [0.25, 0.3) is 0 Å². The molecule has 4 unspecified atom stereocenters. The fraction of sp³-hybridized carbons (Fsp3) is 0.833. The first kappa shape index (κ1) is 16.8. The molecule has 4 atom stereocenters. The molecule has 0 aliphatic carbocycles. The number of aliphatic hydroxyl groups excluding tert-OH is 2. The van der Waals surface area contributed by atoms with Crippen molar-refractivity contribution in [2.45, 2.75) is 56.7 Å². The molecule has 0 aromatic rings. The number of unbranched alkanes of at least 4 members (excludes halogenated alkanes) is 1. The van der Waals surface area contributed by atoms with Gasteiger partial charge in [-0.1, -0.05) is 0 Å². The van der Waals surface area contributed by atoms with Crippen LogP contribution in [0.25, 0.3) is 0 Å². The van der Waals surface area contributed by atoms with Crippen molar-refractivity contribution in [1.29, 1.82) is 0 Å². The summed E-state index contributed by atoms with van der Waals surface area (Å²) in [6.45, 7) is 0.250. The zero-order valence-corrected chi connectivity index (χ0v) is 11.0. The summed E-state index contributed by atoms with van der Waals surface area (Å²) in [5, 5.41) is 35.7. The van der Waals surface area contributed by atoms with Crippen LogP contribution in [0.1, 0.15) is 32.1 Å². The molecule has 1 heterocycles. The molecule has 0 aromatic carbocycles. The van der Waals surface area contributed by atoms with E-state index in [0.29, 0.717) is 25.7 Å². The number of rotatable bonds is 8. The summed E-state index contributed by atoms with van der Waals surface area (Å²) in [6.07, 6.45) is -2.49. The molecule has 0 saturated carbocycles. The van der Waals surface area contributed by atoms with Gasteiger partial charge in [-0.25, -0.2) is 9.59 Å². The number of ether oxygens (including phenoxy) is 2. The van der Waals surface area contributed by atoms with E-state index >= 15 is 0 Å². The maximum Gasteiger partial charge on any atom is 0.335 e. The van der Waals surface area contributed by atoms with Crippen LogP contribution in [0.15, 0.2) is 0 Å². The lowest BCUT2D eigenvalue weighted by Crippen LogP contribution is -2.45. The number of carboxylic acid groups (broad SMARTS) is 2. The van der Waals surface area contributed by atoms with Gasteiger partial charge in [0.2, 0.25) is 0 Å². The third-order valence-corrected chi connectivity index (χ3v) is 3.07. The number of hydrogen-bond acceptors (Lipinski definition) is 6. The van der Waals surface area contributed by atoms with Crippen LogP contribution < -0.4 is 0 Å². The second kappa shape index (κ2) is 8.15. The molecule has 4 N–H and O–H groups in total. The zero-order chi connectivity index (χ0) is 15.1. The van der Waals surface area contributed by atoms with Crippen molar-refractivity contribution >= 4 is 11.9 Å². The van der Waals surface area contributed by atoms with Crippen LogP contribution in [0.4, 0.5) is 0 Å². The lowest BCUT2D eigenvalue weighted by molar-refractivity contribution is -0.219. The first-order valence-corrected chi connectivity index (χ1v) is 6.50. The van der Waals surface area contributed by atoms with Crippen LogP contribution in [-0.4, -0.2) is 63.6 Å². The van der Waals surface area contributed by atoms with Crippen molar-refractivity contribution in [2.24, 2.45) is 0 Å². The van der Waals surface area contributed by atoms with Crippen molar-refractivity contribution in [3.8, 4) is 0 Å². The van der Waals surface area contributed by atoms with Gasteiger partial charge in [-0.2, -0.15) is 0 Å². The Morgan fingerprint density at radius 2 is 1.95 bits per heavy atom. The summed E-state index contributed by atoms with van der Waals surface area (Å²) in [4.78, 5) is 21.3. The molecule has 0 amide bonds. The molecule has 0 spiro atoms. The number of carboxylic acids is 2. The molecule has 0 aromatic heterocycles. The topological polar surface area (TPSA) is 134 Å². The fourth-order valence-electron chi connectivity index (χ4n) is 1.97. The lowest BCUT2D eigenvalue weighted by atomic mass is 10.0. The van der Waals surface area contributed by atoms with Crippen molar-refractivity contribution in [3.63, 3.8) is 0 Å². The van der Waals surface area contributed by atoms with E-state index in [2.05, 4.69) is 0 Å². The number of aliphatic hydroxyl groups is 2. The normalized spacial score (nSPS) is 28.0. The molecule has 0 bridgehead atoms. The maximum atomic E-state index is 10.9. The fourth-order valence-corrected chi connectivity index (χ4v) is 1.97. The lowest BCUT2D eigenvalue weighted by Gasteiger charge is -2.31. The van der Waals surface area contributed by atoms with Gasteiger partial charge in [0.15, 0.2) is 18.5 Å². The minimum absolute atomic E-state index is 0.126. The van der Waals surface area contributed by atoms with E-state index in [1.165, 1.54) is 0 Å². The second-order valence-electron chi connectivity index (χ2n) is 4.69.